The SMILES string of the molecule is Oc1cnc(-c2ccc(Cl)cn2)[nH]1. The summed E-state index contributed by atoms with van der Waals surface area (Å²) in [4.78, 5) is 10.6. The van der Waals surface area contributed by atoms with Crippen LogP contribution in [0.3, 0.4) is 0 Å². The monoisotopic (exact) mass is 195 g/mol. The molecule has 0 saturated heterocycles. The molecule has 0 radical (unpaired) electrons. The first-order valence-corrected chi connectivity index (χ1v) is 3.99. The third-order valence-corrected chi connectivity index (χ3v) is 1.76. The van der Waals surface area contributed by atoms with Crippen LogP contribution in [-0.2, 0) is 0 Å². The maximum absolute atomic E-state index is 9.00. The zero-order valence-electron chi connectivity index (χ0n) is 6.53. The molecule has 0 aliphatic heterocycles. The minimum absolute atomic E-state index is 0.0201. The zero-order valence-corrected chi connectivity index (χ0v) is 7.28. The number of halogens is 1. The predicted octanol–water partition coefficient (Wildman–Crippen LogP) is 1.83. The van der Waals surface area contributed by atoms with E-state index in [4.69, 9.17) is 16.7 Å². The van der Waals surface area contributed by atoms with Crippen molar-refractivity contribution in [3.63, 3.8) is 0 Å². The Morgan fingerprint density at radius 1 is 1.23 bits per heavy atom. The van der Waals surface area contributed by atoms with E-state index in [9.17, 15) is 0 Å². The third-order valence-electron chi connectivity index (χ3n) is 1.53. The van der Waals surface area contributed by atoms with Crippen LogP contribution in [0.25, 0.3) is 11.5 Å². The van der Waals surface area contributed by atoms with Crippen LogP contribution < -0.4 is 0 Å². The number of aromatic hydroxyl groups is 1. The number of H-pyrrole nitrogens is 1. The summed E-state index contributed by atoms with van der Waals surface area (Å²) < 4.78 is 0. The number of imidazole rings is 1. The first-order valence-electron chi connectivity index (χ1n) is 3.61. The summed E-state index contributed by atoms with van der Waals surface area (Å²) in [6.07, 6.45) is 2.85. The molecule has 0 unspecified atom stereocenters. The molecule has 2 aromatic rings. The molecule has 0 saturated carbocycles. The zero-order chi connectivity index (χ0) is 9.26. The standard InChI is InChI=1S/C8H6ClN3O/c9-5-1-2-6(10-3-5)8-11-4-7(13)12-8/h1-4,13H,(H,11,12). The van der Waals surface area contributed by atoms with Crippen LogP contribution in [-0.4, -0.2) is 20.1 Å². The largest absolute Gasteiger partial charge is 0.493 e. The fourth-order valence-corrected chi connectivity index (χ4v) is 1.07. The lowest BCUT2D eigenvalue weighted by Gasteiger charge is -1.94. The lowest BCUT2D eigenvalue weighted by Crippen LogP contribution is -1.83. The molecule has 2 heterocycles. The highest BCUT2D eigenvalue weighted by Crippen LogP contribution is 2.16. The van der Waals surface area contributed by atoms with Crippen molar-refractivity contribution < 1.29 is 5.11 Å². The Balaban J connectivity index is 2.41. The number of nitrogens with one attached hydrogen (secondary N) is 1. The lowest BCUT2D eigenvalue weighted by molar-refractivity contribution is 0.457. The summed E-state index contributed by atoms with van der Waals surface area (Å²) in [6.45, 7) is 0. The first-order chi connectivity index (χ1) is 6.25. The molecule has 0 bridgehead atoms. The van der Waals surface area contributed by atoms with E-state index in [-0.39, 0.29) is 5.88 Å². The van der Waals surface area contributed by atoms with Crippen molar-refractivity contribution in [1.82, 2.24) is 15.0 Å². The Labute approximate surface area is 79.2 Å². The maximum atomic E-state index is 9.00. The minimum atomic E-state index is 0.0201. The van der Waals surface area contributed by atoms with Crippen LogP contribution in [0.5, 0.6) is 5.88 Å². The van der Waals surface area contributed by atoms with Gasteiger partial charge in [0.2, 0.25) is 5.88 Å². The molecule has 5 heteroatoms. The number of nitrogens with zero attached hydrogens (tertiary/aromatic N) is 2. The fourth-order valence-electron chi connectivity index (χ4n) is 0.958. The van der Waals surface area contributed by atoms with E-state index < -0.39 is 0 Å². The van der Waals surface area contributed by atoms with Crippen LogP contribution in [0.1, 0.15) is 0 Å². The van der Waals surface area contributed by atoms with E-state index in [1.807, 2.05) is 0 Å². The molecule has 0 aliphatic carbocycles. The molecule has 2 rings (SSSR count). The van der Waals surface area contributed by atoms with Gasteiger partial charge in [0, 0.05) is 6.20 Å². The molecule has 0 aromatic carbocycles. The van der Waals surface area contributed by atoms with Gasteiger partial charge in [0.15, 0.2) is 5.82 Å². The van der Waals surface area contributed by atoms with Crippen molar-refractivity contribution in [2.24, 2.45) is 0 Å². The molecular weight excluding hydrogens is 190 g/mol. The summed E-state index contributed by atoms with van der Waals surface area (Å²) >= 11 is 5.66. The average Bonchev–Trinajstić information content (AvgIpc) is 2.53. The second kappa shape index (κ2) is 3.06. The molecule has 0 atom stereocenters. The molecule has 13 heavy (non-hydrogen) atoms. The van der Waals surface area contributed by atoms with Crippen molar-refractivity contribution in [3.05, 3.63) is 29.5 Å². The van der Waals surface area contributed by atoms with Gasteiger partial charge in [0.1, 0.15) is 5.69 Å². The van der Waals surface area contributed by atoms with Crippen molar-refractivity contribution >= 4 is 11.6 Å². The summed E-state index contributed by atoms with van der Waals surface area (Å²) in [5, 5.41) is 9.57. The molecule has 0 aliphatic rings. The highest BCUT2D eigenvalue weighted by Gasteiger charge is 2.02. The van der Waals surface area contributed by atoms with E-state index in [2.05, 4.69) is 15.0 Å². The average molecular weight is 196 g/mol. The normalized spacial score (nSPS) is 10.2. The van der Waals surface area contributed by atoms with Gasteiger partial charge in [-0.1, -0.05) is 11.6 Å². The van der Waals surface area contributed by atoms with Crippen LogP contribution >= 0.6 is 11.6 Å². The number of rotatable bonds is 1. The minimum Gasteiger partial charge on any atom is -0.493 e. The number of pyridine rings is 1. The molecule has 2 N–H and O–H groups in total. The van der Waals surface area contributed by atoms with Crippen molar-refractivity contribution in [2.45, 2.75) is 0 Å². The van der Waals surface area contributed by atoms with Gasteiger partial charge < -0.3 is 10.1 Å². The summed E-state index contributed by atoms with van der Waals surface area (Å²) in [7, 11) is 0. The Morgan fingerprint density at radius 2 is 2.08 bits per heavy atom. The van der Waals surface area contributed by atoms with Crippen molar-refractivity contribution in [3.8, 4) is 17.4 Å². The van der Waals surface area contributed by atoms with Crippen molar-refractivity contribution in [2.75, 3.05) is 0 Å². The van der Waals surface area contributed by atoms with Gasteiger partial charge in [-0.05, 0) is 12.1 Å². The van der Waals surface area contributed by atoms with Crippen LogP contribution in [0.15, 0.2) is 24.5 Å². The molecule has 2 aromatic heterocycles. The highest BCUT2D eigenvalue weighted by atomic mass is 35.5. The van der Waals surface area contributed by atoms with E-state index in [1.54, 1.807) is 12.1 Å². The first kappa shape index (κ1) is 8.07. The molecule has 0 amide bonds. The van der Waals surface area contributed by atoms with E-state index >= 15 is 0 Å². The van der Waals surface area contributed by atoms with Gasteiger partial charge in [-0.2, -0.15) is 0 Å². The quantitative estimate of drug-likeness (QED) is 0.730. The Kier molecular flexibility index (Phi) is 1.90. The summed E-state index contributed by atoms with van der Waals surface area (Å²) in [5.74, 6) is 0.543. The Bertz CT molecular complexity index is 410. The van der Waals surface area contributed by atoms with Gasteiger partial charge in [-0.3, -0.25) is 4.98 Å². The van der Waals surface area contributed by atoms with Gasteiger partial charge >= 0.3 is 0 Å². The summed E-state index contributed by atoms with van der Waals surface area (Å²) in [5.41, 5.74) is 0.643. The van der Waals surface area contributed by atoms with E-state index in [0.717, 1.165) is 0 Å². The number of hydrogen-bond acceptors (Lipinski definition) is 3. The van der Waals surface area contributed by atoms with Crippen LogP contribution in [0.2, 0.25) is 5.02 Å². The second-order valence-electron chi connectivity index (χ2n) is 2.48. The third kappa shape index (κ3) is 1.62. The van der Waals surface area contributed by atoms with Gasteiger partial charge in [-0.25, -0.2) is 4.98 Å². The summed E-state index contributed by atoms with van der Waals surface area (Å²) in [6, 6.07) is 3.43. The lowest BCUT2D eigenvalue weighted by atomic mass is 10.3. The second-order valence-corrected chi connectivity index (χ2v) is 2.92. The molecule has 0 fully saturated rings. The predicted molar refractivity (Wildman–Crippen MR) is 48.5 cm³/mol. The Hall–Kier alpha value is -1.55. The van der Waals surface area contributed by atoms with Crippen LogP contribution in [0.4, 0.5) is 0 Å². The fraction of sp³-hybridized carbons (Fsp3) is 0. The molecular formula is C8H6ClN3O. The van der Waals surface area contributed by atoms with Gasteiger partial charge in [0.05, 0.1) is 11.2 Å². The van der Waals surface area contributed by atoms with Crippen LogP contribution in [0, 0.1) is 0 Å². The van der Waals surface area contributed by atoms with E-state index in [1.165, 1.54) is 12.4 Å². The maximum Gasteiger partial charge on any atom is 0.208 e. The number of aromatic nitrogens is 3. The van der Waals surface area contributed by atoms with Gasteiger partial charge in [0.25, 0.3) is 0 Å². The topological polar surface area (TPSA) is 61.8 Å². The molecule has 66 valence electrons. The highest BCUT2D eigenvalue weighted by molar-refractivity contribution is 6.30. The number of hydrogen-bond donors (Lipinski definition) is 2. The molecule has 4 nitrogen and oxygen atoms in total. The Morgan fingerprint density at radius 3 is 2.62 bits per heavy atom. The van der Waals surface area contributed by atoms with Crippen molar-refractivity contribution in [1.29, 1.82) is 0 Å². The van der Waals surface area contributed by atoms with E-state index in [0.29, 0.717) is 16.5 Å². The smallest absolute Gasteiger partial charge is 0.208 e. The molecule has 0 spiro atoms. The van der Waals surface area contributed by atoms with Gasteiger partial charge in [-0.15, -0.1) is 0 Å². The number of aromatic amines is 1.